The van der Waals surface area contributed by atoms with Gasteiger partial charge in [-0.2, -0.15) is 11.8 Å². The minimum absolute atomic E-state index is 0.00903. The predicted molar refractivity (Wildman–Crippen MR) is 76.4 cm³/mol. The Kier molecular flexibility index (Phi) is 3.69. The highest BCUT2D eigenvalue weighted by molar-refractivity contribution is 7.99. The molecule has 1 unspecified atom stereocenters. The Morgan fingerprint density at radius 3 is 2.88 bits per heavy atom. The fraction of sp³-hybridized carbons (Fsp3) is 0.333. The van der Waals surface area contributed by atoms with Gasteiger partial charge in [0.2, 0.25) is 0 Å². The van der Waals surface area contributed by atoms with E-state index >= 15 is 0 Å². The van der Waals surface area contributed by atoms with Crippen LogP contribution in [0.25, 0.3) is 10.9 Å². The van der Waals surface area contributed by atoms with E-state index in [9.17, 15) is 4.79 Å². The molecule has 0 amide bonds. The smallest absolute Gasteiger partial charge is 0.262 e. The van der Waals surface area contributed by atoms with Gasteiger partial charge in [-0.25, -0.2) is 0 Å². The van der Waals surface area contributed by atoms with Gasteiger partial charge in [0.15, 0.2) is 4.77 Å². The Labute approximate surface area is 109 Å². The maximum Gasteiger partial charge on any atom is 0.262 e. The standard InChI is InChI=1S/C12H14N2OS2/c1-8(17-2)7-14-11(15)9-5-3-4-6-10(9)13-12(14)16/h3-6,8H,7H2,1-2H3,(H,13,16). The quantitative estimate of drug-likeness (QED) is 0.868. The van der Waals surface area contributed by atoms with Gasteiger partial charge in [0, 0.05) is 11.8 Å². The van der Waals surface area contributed by atoms with Crippen LogP contribution in [0.4, 0.5) is 0 Å². The molecule has 1 aromatic heterocycles. The van der Waals surface area contributed by atoms with E-state index in [1.807, 2.05) is 30.5 Å². The maximum absolute atomic E-state index is 12.3. The maximum atomic E-state index is 12.3. The van der Waals surface area contributed by atoms with Crippen LogP contribution in [-0.2, 0) is 6.54 Å². The lowest BCUT2D eigenvalue weighted by atomic mass is 10.2. The molecule has 2 rings (SSSR count). The molecule has 1 atom stereocenters. The largest absolute Gasteiger partial charge is 0.332 e. The second kappa shape index (κ2) is 5.06. The van der Waals surface area contributed by atoms with Gasteiger partial charge in [0.25, 0.3) is 5.56 Å². The molecule has 1 heterocycles. The molecule has 90 valence electrons. The number of aromatic nitrogens is 2. The number of benzene rings is 1. The Morgan fingerprint density at radius 1 is 1.47 bits per heavy atom. The van der Waals surface area contributed by atoms with Crippen LogP contribution >= 0.6 is 24.0 Å². The van der Waals surface area contributed by atoms with E-state index in [2.05, 4.69) is 11.9 Å². The first-order chi connectivity index (χ1) is 8.13. The first kappa shape index (κ1) is 12.4. The summed E-state index contributed by atoms with van der Waals surface area (Å²) in [6.45, 7) is 2.72. The van der Waals surface area contributed by atoms with E-state index in [-0.39, 0.29) is 5.56 Å². The number of hydrogen-bond acceptors (Lipinski definition) is 3. The fourth-order valence-corrected chi connectivity index (χ4v) is 2.26. The van der Waals surface area contributed by atoms with Crippen LogP contribution in [0, 0.1) is 4.77 Å². The van der Waals surface area contributed by atoms with Crippen molar-refractivity contribution >= 4 is 34.9 Å². The highest BCUT2D eigenvalue weighted by Crippen LogP contribution is 2.10. The molecule has 5 heteroatoms. The zero-order valence-electron chi connectivity index (χ0n) is 9.77. The second-order valence-corrected chi connectivity index (χ2v) is 5.60. The van der Waals surface area contributed by atoms with Crippen LogP contribution in [0.2, 0.25) is 0 Å². The SMILES string of the molecule is CSC(C)Cn1c(=S)[nH]c2ccccc2c1=O. The molecule has 1 aromatic carbocycles. The van der Waals surface area contributed by atoms with Crippen molar-refractivity contribution in [2.45, 2.75) is 18.7 Å². The minimum atomic E-state index is -0.00903. The third kappa shape index (κ3) is 2.45. The van der Waals surface area contributed by atoms with Gasteiger partial charge in [-0.15, -0.1) is 0 Å². The summed E-state index contributed by atoms with van der Waals surface area (Å²) in [5, 5.41) is 1.05. The number of thioether (sulfide) groups is 1. The molecule has 3 nitrogen and oxygen atoms in total. The molecule has 2 aromatic rings. The highest BCUT2D eigenvalue weighted by Gasteiger charge is 2.07. The summed E-state index contributed by atoms with van der Waals surface area (Å²) in [6, 6.07) is 7.45. The van der Waals surface area contributed by atoms with Gasteiger partial charge in [-0.1, -0.05) is 19.1 Å². The molecule has 0 aliphatic carbocycles. The number of para-hydroxylation sites is 1. The highest BCUT2D eigenvalue weighted by atomic mass is 32.2. The zero-order chi connectivity index (χ0) is 12.4. The van der Waals surface area contributed by atoms with Gasteiger partial charge in [0.1, 0.15) is 0 Å². The monoisotopic (exact) mass is 266 g/mol. The first-order valence-electron chi connectivity index (χ1n) is 5.38. The summed E-state index contributed by atoms with van der Waals surface area (Å²) >= 11 is 6.95. The van der Waals surface area contributed by atoms with Crippen LogP contribution in [0.3, 0.4) is 0 Å². The molecular formula is C12H14N2OS2. The summed E-state index contributed by atoms with van der Waals surface area (Å²) in [5.74, 6) is 0. The van der Waals surface area contributed by atoms with Crippen molar-refractivity contribution in [1.82, 2.24) is 9.55 Å². The van der Waals surface area contributed by atoms with Gasteiger partial charge >= 0.3 is 0 Å². The summed E-state index contributed by atoms with van der Waals surface area (Å²) in [7, 11) is 0. The summed E-state index contributed by atoms with van der Waals surface area (Å²) in [4.78, 5) is 15.4. The van der Waals surface area contributed by atoms with E-state index < -0.39 is 0 Å². The molecule has 0 aliphatic rings. The van der Waals surface area contributed by atoms with Crippen LogP contribution in [0.5, 0.6) is 0 Å². The Morgan fingerprint density at radius 2 is 2.18 bits per heavy atom. The van der Waals surface area contributed by atoms with Gasteiger partial charge in [-0.05, 0) is 30.6 Å². The number of rotatable bonds is 3. The van der Waals surface area contributed by atoms with Gasteiger partial charge < -0.3 is 4.98 Å². The van der Waals surface area contributed by atoms with E-state index in [0.29, 0.717) is 22.0 Å². The molecule has 0 bridgehead atoms. The predicted octanol–water partition coefficient (Wildman–Crippen LogP) is 2.81. The topological polar surface area (TPSA) is 37.8 Å². The normalized spacial score (nSPS) is 12.8. The average molecular weight is 266 g/mol. The summed E-state index contributed by atoms with van der Waals surface area (Å²) in [5.41, 5.74) is 0.792. The third-order valence-corrected chi connectivity index (χ3v) is 4.01. The number of fused-ring (bicyclic) bond motifs is 1. The van der Waals surface area contributed by atoms with Crippen molar-refractivity contribution < 1.29 is 0 Å². The molecule has 0 saturated heterocycles. The molecule has 0 saturated carbocycles. The minimum Gasteiger partial charge on any atom is -0.332 e. The summed E-state index contributed by atoms with van der Waals surface area (Å²) < 4.78 is 2.13. The van der Waals surface area contributed by atoms with Crippen LogP contribution in [0.1, 0.15) is 6.92 Å². The lowest BCUT2D eigenvalue weighted by Gasteiger charge is -2.11. The molecule has 0 radical (unpaired) electrons. The zero-order valence-corrected chi connectivity index (χ0v) is 11.4. The number of nitrogens with one attached hydrogen (secondary N) is 1. The first-order valence-corrected chi connectivity index (χ1v) is 7.07. The summed E-state index contributed by atoms with van der Waals surface area (Å²) in [6.07, 6.45) is 2.03. The van der Waals surface area contributed by atoms with Crippen LogP contribution in [0.15, 0.2) is 29.1 Å². The Hall–Kier alpha value is -1.07. The molecule has 1 N–H and O–H groups in total. The lowest BCUT2D eigenvalue weighted by molar-refractivity contribution is 0.650. The second-order valence-electron chi connectivity index (χ2n) is 3.94. The fourth-order valence-electron chi connectivity index (χ4n) is 1.70. The van der Waals surface area contributed by atoms with Crippen molar-refractivity contribution in [3.05, 3.63) is 39.4 Å². The van der Waals surface area contributed by atoms with Crippen molar-refractivity contribution in [3.63, 3.8) is 0 Å². The van der Waals surface area contributed by atoms with E-state index in [1.54, 1.807) is 16.3 Å². The molecule has 0 spiro atoms. The molecule has 0 aliphatic heterocycles. The Bertz CT molecular complexity index is 645. The lowest BCUT2D eigenvalue weighted by Crippen LogP contribution is -2.25. The van der Waals surface area contributed by atoms with Crippen molar-refractivity contribution in [2.24, 2.45) is 0 Å². The number of nitrogens with zero attached hydrogens (tertiary/aromatic N) is 1. The third-order valence-electron chi connectivity index (χ3n) is 2.73. The number of aromatic amines is 1. The van der Waals surface area contributed by atoms with Crippen molar-refractivity contribution in [3.8, 4) is 0 Å². The van der Waals surface area contributed by atoms with Gasteiger partial charge in [-0.3, -0.25) is 9.36 Å². The van der Waals surface area contributed by atoms with Crippen LogP contribution in [-0.4, -0.2) is 21.1 Å². The van der Waals surface area contributed by atoms with Crippen molar-refractivity contribution in [2.75, 3.05) is 6.26 Å². The van der Waals surface area contributed by atoms with Gasteiger partial charge in [0.05, 0.1) is 10.9 Å². The number of hydrogen-bond donors (Lipinski definition) is 1. The molecule has 17 heavy (non-hydrogen) atoms. The average Bonchev–Trinajstić information content (AvgIpc) is 2.34. The van der Waals surface area contributed by atoms with E-state index in [0.717, 1.165) is 5.52 Å². The van der Waals surface area contributed by atoms with E-state index in [4.69, 9.17) is 12.2 Å². The molecule has 0 fully saturated rings. The van der Waals surface area contributed by atoms with Crippen molar-refractivity contribution in [1.29, 1.82) is 0 Å². The Balaban J connectivity index is 2.64. The number of H-pyrrole nitrogens is 1. The molecular weight excluding hydrogens is 252 g/mol. The van der Waals surface area contributed by atoms with E-state index in [1.165, 1.54) is 0 Å². The van der Waals surface area contributed by atoms with Crippen LogP contribution < -0.4 is 5.56 Å².